The first-order valence-electron chi connectivity index (χ1n) is 5.27. The number of esters is 1. The number of hydrogen-bond acceptors (Lipinski definition) is 5. The molecule has 0 unspecified atom stereocenters. The highest BCUT2D eigenvalue weighted by atomic mass is 16.6. The zero-order valence-electron chi connectivity index (χ0n) is 9.58. The number of amides is 1. The Labute approximate surface area is 103 Å². The number of nitrogens with one attached hydrogen (secondary N) is 1. The van der Waals surface area contributed by atoms with E-state index >= 15 is 0 Å². The first-order chi connectivity index (χ1) is 8.63. The van der Waals surface area contributed by atoms with Crippen LogP contribution >= 0.6 is 0 Å². The molecular weight excluding hydrogens is 238 g/mol. The number of carbonyl (C=O) groups excluding carboxylic acids is 3. The Hall–Kier alpha value is -2.37. The van der Waals surface area contributed by atoms with Crippen molar-refractivity contribution in [2.75, 3.05) is 7.11 Å². The number of rotatable bonds is 3. The number of hydrogen-bond donors (Lipinski definition) is 1. The maximum Gasteiger partial charge on any atom is 0.408 e. The molecule has 0 aliphatic carbocycles. The molecule has 1 aliphatic heterocycles. The van der Waals surface area contributed by atoms with Gasteiger partial charge < -0.3 is 14.8 Å². The number of ether oxygens (including phenoxy) is 2. The Morgan fingerprint density at radius 2 is 1.94 bits per heavy atom. The molecule has 2 atom stereocenters. The van der Waals surface area contributed by atoms with Crippen molar-refractivity contribution >= 4 is 17.8 Å². The summed E-state index contributed by atoms with van der Waals surface area (Å²) in [6, 6.07) is 7.30. The van der Waals surface area contributed by atoms with Crippen LogP contribution in [-0.4, -0.2) is 37.1 Å². The van der Waals surface area contributed by atoms with E-state index in [1.54, 1.807) is 30.3 Å². The number of carbonyl (C=O) groups is 3. The second-order valence-corrected chi connectivity index (χ2v) is 3.70. The summed E-state index contributed by atoms with van der Waals surface area (Å²) in [5.41, 5.74) is 0.391. The highest BCUT2D eigenvalue weighted by Crippen LogP contribution is 2.15. The molecule has 6 heteroatoms. The van der Waals surface area contributed by atoms with Gasteiger partial charge in [0.05, 0.1) is 7.11 Å². The second-order valence-electron chi connectivity index (χ2n) is 3.70. The van der Waals surface area contributed by atoms with Crippen LogP contribution in [0.25, 0.3) is 0 Å². The Morgan fingerprint density at radius 1 is 1.28 bits per heavy atom. The fourth-order valence-corrected chi connectivity index (χ4v) is 1.71. The highest BCUT2D eigenvalue weighted by Gasteiger charge is 2.44. The van der Waals surface area contributed by atoms with E-state index in [1.165, 1.54) is 7.11 Å². The smallest absolute Gasteiger partial charge is 0.408 e. The molecule has 1 N–H and O–H groups in total. The van der Waals surface area contributed by atoms with Crippen LogP contribution < -0.4 is 5.32 Å². The predicted molar refractivity (Wildman–Crippen MR) is 60.0 cm³/mol. The van der Waals surface area contributed by atoms with Gasteiger partial charge in [0.25, 0.3) is 0 Å². The van der Waals surface area contributed by atoms with Crippen molar-refractivity contribution in [2.24, 2.45) is 0 Å². The molecule has 18 heavy (non-hydrogen) atoms. The van der Waals surface area contributed by atoms with Crippen molar-refractivity contribution in [3.8, 4) is 0 Å². The van der Waals surface area contributed by atoms with Crippen molar-refractivity contribution in [3.05, 3.63) is 35.9 Å². The highest BCUT2D eigenvalue weighted by molar-refractivity contribution is 6.06. The van der Waals surface area contributed by atoms with Gasteiger partial charge in [0, 0.05) is 5.56 Å². The minimum Gasteiger partial charge on any atom is -0.466 e. The number of cyclic esters (lactones) is 1. The molecule has 6 nitrogen and oxygen atoms in total. The van der Waals surface area contributed by atoms with E-state index in [-0.39, 0.29) is 0 Å². The summed E-state index contributed by atoms with van der Waals surface area (Å²) in [6.07, 6.45) is -2.05. The number of ketones is 1. The van der Waals surface area contributed by atoms with Gasteiger partial charge >= 0.3 is 12.1 Å². The molecule has 1 fully saturated rings. The normalized spacial score (nSPS) is 21.9. The van der Waals surface area contributed by atoms with Crippen LogP contribution in [-0.2, 0) is 14.3 Å². The Morgan fingerprint density at radius 3 is 2.56 bits per heavy atom. The second kappa shape index (κ2) is 4.87. The predicted octanol–water partition coefficient (Wildman–Crippen LogP) is 0.519. The average molecular weight is 249 g/mol. The van der Waals surface area contributed by atoms with Gasteiger partial charge in [-0.15, -0.1) is 0 Å². The van der Waals surface area contributed by atoms with Gasteiger partial charge in [0.2, 0.25) is 6.10 Å². The third-order valence-corrected chi connectivity index (χ3v) is 2.58. The van der Waals surface area contributed by atoms with Crippen molar-refractivity contribution in [1.29, 1.82) is 0 Å². The topological polar surface area (TPSA) is 81.7 Å². The fraction of sp³-hybridized carbons (Fsp3) is 0.250. The Bertz CT molecular complexity index is 485. The molecule has 2 rings (SSSR count). The summed E-state index contributed by atoms with van der Waals surface area (Å²) in [5.74, 6) is -1.15. The summed E-state index contributed by atoms with van der Waals surface area (Å²) in [5, 5.41) is 2.31. The van der Waals surface area contributed by atoms with Crippen LogP contribution in [0.15, 0.2) is 30.3 Å². The number of alkyl carbamates (subject to hydrolysis) is 1. The van der Waals surface area contributed by atoms with Crippen LogP contribution in [0.2, 0.25) is 0 Å². The van der Waals surface area contributed by atoms with E-state index < -0.39 is 30.0 Å². The fourth-order valence-electron chi connectivity index (χ4n) is 1.71. The monoisotopic (exact) mass is 249 g/mol. The molecule has 0 radical (unpaired) electrons. The van der Waals surface area contributed by atoms with Crippen molar-refractivity contribution in [2.45, 2.75) is 12.1 Å². The lowest BCUT2D eigenvalue weighted by Crippen LogP contribution is -2.43. The van der Waals surface area contributed by atoms with E-state index in [1.807, 2.05) is 0 Å². The van der Waals surface area contributed by atoms with Crippen LogP contribution in [0.5, 0.6) is 0 Å². The first-order valence-corrected chi connectivity index (χ1v) is 5.27. The summed E-state index contributed by atoms with van der Waals surface area (Å²) in [4.78, 5) is 34.7. The van der Waals surface area contributed by atoms with E-state index in [0.717, 1.165) is 0 Å². The summed E-state index contributed by atoms with van der Waals surface area (Å²) >= 11 is 0. The van der Waals surface area contributed by atoms with Crippen LogP contribution in [0.4, 0.5) is 4.79 Å². The van der Waals surface area contributed by atoms with Crippen LogP contribution in [0.3, 0.4) is 0 Å². The summed E-state index contributed by atoms with van der Waals surface area (Å²) in [7, 11) is 1.17. The Balaban J connectivity index is 2.23. The van der Waals surface area contributed by atoms with E-state index in [4.69, 9.17) is 4.74 Å². The third-order valence-electron chi connectivity index (χ3n) is 2.58. The van der Waals surface area contributed by atoms with Gasteiger partial charge in [-0.2, -0.15) is 0 Å². The molecule has 1 aromatic carbocycles. The first kappa shape index (κ1) is 12.1. The lowest BCUT2D eigenvalue weighted by molar-refractivity contribution is -0.149. The van der Waals surface area contributed by atoms with E-state index in [0.29, 0.717) is 5.56 Å². The summed E-state index contributed by atoms with van der Waals surface area (Å²) in [6.45, 7) is 0. The minimum atomic E-state index is -1.24. The van der Waals surface area contributed by atoms with Gasteiger partial charge in [-0.05, 0) is 0 Å². The maximum atomic E-state index is 12.1. The molecule has 0 saturated carbocycles. The largest absolute Gasteiger partial charge is 0.466 e. The minimum absolute atomic E-state index is 0.391. The molecule has 0 bridgehead atoms. The van der Waals surface area contributed by atoms with Crippen molar-refractivity contribution in [1.82, 2.24) is 5.32 Å². The zero-order valence-corrected chi connectivity index (χ0v) is 9.58. The van der Waals surface area contributed by atoms with Gasteiger partial charge in [0.15, 0.2) is 5.78 Å². The summed E-state index contributed by atoms with van der Waals surface area (Å²) < 4.78 is 9.21. The molecule has 1 aliphatic rings. The molecule has 1 heterocycles. The Kier molecular flexibility index (Phi) is 3.27. The molecular formula is C12H11NO5. The van der Waals surface area contributed by atoms with E-state index in [9.17, 15) is 14.4 Å². The van der Waals surface area contributed by atoms with Gasteiger partial charge in [-0.25, -0.2) is 9.59 Å². The van der Waals surface area contributed by atoms with E-state index in [2.05, 4.69) is 10.1 Å². The number of benzene rings is 1. The molecule has 94 valence electrons. The lowest BCUT2D eigenvalue weighted by atomic mass is 10.0. The van der Waals surface area contributed by atoms with Crippen molar-refractivity contribution < 1.29 is 23.9 Å². The molecule has 0 aromatic heterocycles. The van der Waals surface area contributed by atoms with Gasteiger partial charge in [0.1, 0.15) is 6.04 Å². The quantitative estimate of drug-likeness (QED) is 0.623. The average Bonchev–Trinajstić information content (AvgIpc) is 2.80. The molecule has 0 spiro atoms. The molecule has 1 saturated heterocycles. The zero-order chi connectivity index (χ0) is 13.1. The van der Waals surface area contributed by atoms with Crippen LogP contribution in [0.1, 0.15) is 10.4 Å². The standard InChI is InChI=1S/C12H11NO5/c1-17-11(15)10-8(13-12(16)18-10)9(14)7-5-3-2-4-6-7/h2-6,8,10H,1H3,(H,13,16)/t8-,10+/m1/s1. The van der Waals surface area contributed by atoms with Crippen LogP contribution in [0, 0.1) is 0 Å². The lowest BCUT2D eigenvalue weighted by Gasteiger charge is -2.13. The third kappa shape index (κ3) is 2.17. The SMILES string of the molecule is COC(=O)[C@H]1OC(=O)N[C@@H]1C(=O)c1ccccc1. The molecule has 1 amide bonds. The number of methoxy groups -OCH3 is 1. The van der Waals surface area contributed by atoms with Gasteiger partial charge in [-0.1, -0.05) is 30.3 Å². The van der Waals surface area contributed by atoms with Gasteiger partial charge in [-0.3, -0.25) is 4.79 Å². The van der Waals surface area contributed by atoms with Crippen molar-refractivity contribution in [3.63, 3.8) is 0 Å². The maximum absolute atomic E-state index is 12.1. The molecule has 1 aromatic rings. The number of Topliss-reactive ketones (excluding diaryl/α,β-unsaturated/α-hetero) is 1.